The number of ether oxygens (including phenoxy) is 1. The number of fused-ring (bicyclic) bond motifs is 3. The normalized spacial score (nSPS) is 14.8. The molecule has 28 heavy (non-hydrogen) atoms. The Hall–Kier alpha value is -3.19. The van der Waals surface area contributed by atoms with Crippen LogP contribution in [0.4, 0.5) is 16.0 Å². The van der Waals surface area contributed by atoms with Crippen LogP contribution in [0, 0.1) is 5.82 Å². The first-order chi connectivity index (χ1) is 13.7. The van der Waals surface area contributed by atoms with E-state index in [1.54, 1.807) is 10.6 Å². The Morgan fingerprint density at radius 2 is 1.89 bits per heavy atom. The summed E-state index contributed by atoms with van der Waals surface area (Å²) in [6.45, 7) is 3.23. The van der Waals surface area contributed by atoms with Gasteiger partial charge >= 0.3 is 0 Å². The van der Waals surface area contributed by atoms with Crippen LogP contribution in [0.3, 0.4) is 0 Å². The summed E-state index contributed by atoms with van der Waals surface area (Å²) in [5.41, 5.74) is 10.8. The largest absolute Gasteiger partial charge is 0.378 e. The van der Waals surface area contributed by atoms with Gasteiger partial charge in [0.25, 0.3) is 0 Å². The van der Waals surface area contributed by atoms with Gasteiger partial charge in [0.15, 0.2) is 0 Å². The van der Waals surface area contributed by atoms with Crippen molar-refractivity contribution in [3.63, 3.8) is 0 Å². The van der Waals surface area contributed by atoms with E-state index >= 15 is 0 Å². The van der Waals surface area contributed by atoms with Crippen molar-refractivity contribution >= 4 is 28.1 Å². The topological polar surface area (TPSA) is 68.7 Å². The molecule has 1 saturated heterocycles. The molecule has 4 aromatic rings. The number of hydrogen-bond donors (Lipinski definition) is 1. The van der Waals surface area contributed by atoms with Crippen molar-refractivity contribution in [3.05, 3.63) is 65.6 Å². The summed E-state index contributed by atoms with van der Waals surface area (Å²) in [5.74, 6) is -0.0109. The summed E-state index contributed by atoms with van der Waals surface area (Å²) < 4.78 is 20.8. The number of para-hydroxylation sites is 1. The fraction of sp³-hybridized carbons (Fsp3) is 0.238. The SMILES string of the molecule is Nc1nc2ccc(F)cc2c2cc(Cc3ccccc3N3CCOCC3)nn12. The van der Waals surface area contributed by atoms with E-state index in [-0.39, 0.29) is 5.82 Å². The van der Waals surface area contributed by atoms with Crippen LogP contribution < -0.4 is 10.6 Å². The van der Waals surface area contributed by atoms with Crippen LogP contribution in [0.1, 0.15) is 11.3 Å². The molecule has 0 saturated carbocycles. The minimum Gasteiger partial charge on any atom is -0.378 e. The van der Waals surface area contributed by atoms with Crippen molar-refractivity contribution in [1.29, 1.82) is 0 Å². The van der Waals surface area contributed by atoms with Crippen LogP contribution in [0.5, 0.6) is 0 Å². The van der Waals surface area contributed by atoms with E-state index in [0.29, 0.717) is 23.3 Å². The zero-order valence-corrected chi connectivity index (χ0v) is 15.3. The number of nitrogens with two attached hydrogens (primary N) is 1. The molecule has 0 radical (unpaired) electrons. The number of aromatic nitrogens is 3. The van der Waals surface area contributed by atoms with Crippen LogP contribution in [0.15, 0.2) is 48.5 Å². The first-order valence-electron chi connectivity index (χ1n) is 9.33. The number of benzene rings is 2. The molecule has 2 aromatic carbocycles. The second-order valence-electron chi connectivity index (χ2n) is 6.97. The van der Waals surface area contributed by atoms with E-state index in [9.17, 15) is 4.39 Å². The summed E-state index contributed by atoms with van der Waals surface area (Å²) in [7, 11) is 0. The third-order valence-corrected chi connectivity index (χ3v) is 5.16. The van der Waals surface area contributed by atoms with Gasteiger partial charge in [-0.25, -0.2) is 9.37 Å². The van der Waals surface area contributed by atoms with Gasteiger partial charge in [-0.2, -0.15) is 9.61 Å². The van der Waals surface area contributed by atoms with Gasteiger partial charge in [0.1, 0.15) is 5.82 Å². The van der Waals surface area contributed by atoms with Crippen molar-refractivity contribution in [2.45, 2.75) is 6.42 Å². The zero-order chi connectivity index (χ0) is 19.1. The van der Waals surface area contributed by atoms with Gasteiger partial charge in [-0.15, -0.1) is 0 Å². The molecule has 1 fully saturated rings. The van der Waals surface area contributed by atoms with Gasteiger partial charge in [0.05, 0.1) is 29.9 Å². The van der Waals surface area contributed by atoms with Gasteiger partial charge in [-0.3, -0.25) is 0 Å². The second-order valence-corrected chi connectivity index (χ2v) is 6.97. The van der Waals surface area contributed by atoms with Crippen molar-refractivity contribution in [1.82, 2.24) is 14.6 Å². The van der Waals surface area contributed by atoms with Crippen LogP contribution in [-0.2, 0) is 11.2 Å². The molecular weight excluding hydrogens is 357 g/mol. The summed E-state index contributed by atoms with van der Waals surface area (Å²) in [6.07, 6.45) is 0.658. The Bertz CT molecular complexity index is 1170. The minimum absolute atomic E-state index is 0.293. The maximum atomic E-state index is 13.8. The second kappa shape index (κ2) is 6.76. The highest BCUT2D eigenvalue weighted by atomic mass is 19.1. The fourth-order valence-corrected chi connectivity index (χ4v) is 3.83. The van der Waals surface area contributed by atoms with Gasteiger partial charge < -0.3 is 15.4 Å². The molecule has 1 aliphatic heterocycles. The molecule has 0 atom stereocenters. The number of hydrogen-bond acceptors (Lipinski definition) is 5. The molecule has 0 aliphatic carbocycles. The van der Waals surface area contributed by atoms with E-state index in [0.717, 1.165) is 37.5 Å². The molecule has 1 aliphatic rings. The monoisotopic (exact) mass is 377 g/mol. The summed E-state index contributed by atoms with van der Waals surface area (Å²) >= 11 is 0. The smallest absolute Gasteiger partial charge is 0.222 e. The van der Waals surface area contributed by atoms with Crippen LogP contribution in [0.2, 0.25) is 0 Å². The number of rotatable bonds is 3. The number of halogens is 1. The summed E-state index contributed by atoms with van der Waals surface area (Å²) in [5, 5.41) is 5.34. The molecule has 0 amide bonds. The summed E-state index contributed by atoms with van der Waals surface area (Å²) in [4.78, 5) is 6.69. The predicted octanol–water partition coefficient (Wildman–Crippen LogP) is 3.03. The lowest BCUT2D eigenvalue weighted by atomic mass is 10.1. The van der Waals surface area contributed by atoms with Crippen LogP contribution in [-0.4, -0.2) is 40.9 Å². The average Bonchev–Trinajstić information content (AvgIpc) is 3.15. The van der Waals surface area contributed by atoms with Gasteiger partial charge in [0.2, 0.25) is 5.95 Å². The minimum atomic E-state index is -0.304. The Kier molecular flexibility index (Phi) is 4.09. The lowest BCUT2D eigenvalue weighted by Crippen LogP contribution is -2.36. The zero-order valence-electron chi connectivity index (χ0n) is 15.3. The molecule has 6 nitrogen and oxygen atoms in total. The fourth-order valence-electron chi connectivity index (χ4n) is 3.83. The third kappa shape index (κ3) is 2.93. The first kappa shape index (κ1) is 16.9. The van der Waals surface area contributed by atoms with E-state index in [4.69, 9.17) is 10.5 Å². The Morgan fingerprint density at radius 3 is 2.75 bits per heavy atom. The Morgan fingerprint density at radius 1 is 1.07 bits per heavy atom. The van der Waals surface area contributed by atoms with Gasteiger partial charge in [0, 0.05) is 30.6 Å². The lowest BCUT2D eigenvalue weighted by molar-refractivity contribution is 0.122. The molecule has 2 N–H and O–H groups in total. The van der Waals surface area contributed by atoms with Crippen LogP contribution >= 0.6 is 0 Å². The number of nitrogens with zero attached hydrogens (tertiary/aromatic N) is 4. The number of morpholine rings is 1. The summed E-state index contributed by atoms with van der Waals surface area (Å²) in [6, 6.07) is 14.8. The van der Waals surface area contributed by atoms with Crippen molar-refractivity contribution in [2.75, 3.05) is 36.9 Å². The Labute approximate surface area is 161 Å². The Balaban J connectivity index is 1.57. The molecule has 142 valence electrons. The standard InChI is InChI=1S/C21H20FN5O/c22-15-5-6-18-17(12-15)20-13-16(25-27(20)21(23)24-18)11-14-3-1-2-4-19(14)26-7-9-28-10-8-26/h1-6,12-13H,7-11H2,(H2,23,24). The van der Waals surface area contributed by atoms with Gasteiger partial charge in [-0.05, 0) is 35.9 Å². The molecule has 0 spiro atoms. The number of nitrogen functional groups attached to an aromatic ring is 1. The van der Waals surface area contributed by atoms with E-state index < -0.39 is 0 Å². The molecular formula is C21H20FN5O. The van der Waals surface area contributed by atoms with E-state index in [1.807, 2.05) is 12.1 Å². The number of anilines is 2. The maximum absolute atomic E-state index is 13.8. The first-order valence-corrected chi connectivity index (χ1v) is 9.33. The molecule has 5 rings (SSSR count). The molecule has 7 heteroatoms. The third-order valence-electron chi connectivity index (χ3n) is 5.16. The highest BCUT2D eigenvalue weighted by molar-refractivity contribution is 5.94. The lowest BCUT2D eigenvalue weighted by Gasteiger charge is -2.30. The van der Waals surface area contributed by atoms with Crippen molar-refractivity contribution < 1.29 is 9.13 Å². The van der Waals surface area contributed by atoms with Crippen molar-refractivity contribution in [2.24, 2.45) is 0 Å². The highest BCUT2D eigenvalue weighted by Gasteiger charge is 2.16. The molecule has 0 unspecified atom stereocenters. The molecule has 0 bridgehead atoms. The maximum Gasteiger partial charge on any atom is 0.222 e. The molecule has 2 aromatic heterocycles. The van der Waals surface area contributed by atoms with Crippen LogP contribution in [0.25, 0.3) is 16.4 Å². The van der Waals surface area contributed by atoms with Crippen molar-refractivity contribution in [3.8, 4) is 0 Å². The predicted molar refractivity (Wildman–Crippen MR) is 107 cm³/mol. The van der Waals surface area contributed by atoms with Gasteiger partial charge in [-0.1, -0.05) is 18.2 Å². The highest BCUT2D eigenvalue weighted by Crippen LogP contribution is 2.27. The molecule has 3 heterocycles. The van der Waals surface area contributed by atoms with E-state index in [1.165, 1.54) is 23.4 Å². The quantitative estimate of drug-likeness (QED) is 0.594. The average molecular weight is 377 g/mol. The van der Waals surface area contributed by atoms with E-state index in [2.05, 4.69) is 33.2 Å².